The van der Waals surface area contributed by atoms with Gasteiger partial charge in [0.1, 0.15) is 10.7 Å². The number of carbonyl (C=O) groups excluding carboxylic acids is 1. The van der Waals surface area contributed by atoms with Crippen LogP contribution in [0, 0.1) is 6.92 Å². The summed E-state index contributed by atoms with van der Waals surface area (Å²) in [6, 6.07) is 11.7. The summed E-state index contributed by atoms with van der Waals surface area (Å²) in [7, 11) is -2.48. The highest BCUT2D eigenvalue weighted by molar-refractivity contribution is 7.89. The average molecular weight is 420 g/mol. The fourth-order valence-corrected chi connectivity index (χ4v) is 3.82. The monoisotopic (exact) mass is 419 g/mol. The smallest absolute Gasteiger partial charge is 0.244 e. The van der Waals surface area contributed by atoms with Crippen molar-refractivity contribution >= 4 is 33.3 Å². The predicted octanol–water partition coefficient (Wildman–Crippen LogP) is 2.49. The van der Waals surface area contributed by atoms with Crippen LogP contribution in [0.3, 0.4) is 0 Å². The largest absolute Gasteiger partial charge is 0.309 e. The summed E-state index contributed by atoms with van der Waals surface area (Å²) in [4.78, 5) is 16.3. The van der Waals surface area contributed by atoms with Crippen molar-refractivity contribution in [1.82, 2.24) is 19.1 Å². The summed E-state index contributed by atoms with van der Waals surface area (Å²) in [5.74, 6) is -0.0879. The second kappa shape index (κ2) is 8.09. The molecule has 0 radical (unpaired) electrons. The molecule has 2 aromatic heterocycles. The first kappa shape index (κ1) is 20.0. The zero-order chi connectivity index (χ0) is 20.3. The van der Waals surface area contributed by atoms with E-state index in [-0.39, 0.29) is 11.4 Å². The van der Waals surface area contributed by atoms with Gasteiger partial charge in [0.25, 0.3) is 0 Å². The van der Waals surface area contributed by atoms with Crippen molar-refractivity contribution in [3.8, 4) is 5.69 Å². The first-order chi connectivity index (χ1) is 13.3. The molecule has 1 N–H and O–H groups in total. The minimum absolute atomic E-state index is 0.0186. The van der Waals surface area contributed by atoms with Gasteiger partial charge in [0.15, 0.2) is 0 Å². The van der Waals surface area contributed by atoms with Crippen LogP contribution in [0.25, 0.3) is 5.69 Å². The highest BCUT2D eigenvalue weighted by atomic mass is 35.5. The third-order valence-corrected chi connectivity index (χ3v) is 5.88. The number of likely N-dealkylation sites (N-methyl/N-ethyl adjacent to an activating group) is 1. The molecule has 1 amide bonds. The van der Waals surface area contributed by atoms with Crippen LogP contribution >= 0.6 is 11.6 Å². The number of halogens is 1. The fraction of sp³-hybridized carbons (Fsp3) is 0.167. The van der Waals surface area contributed by atoms with Gasteiger partial charge in [-0.25, -0.2) is 13.1 Å². The summed E-state index contributed by atoms with van der Waals surface area (Å²) in [5.41, 5.74) is 1.36. The number of hydrogen-bond donors (Lipinski definition) is 1. The van der Waals surface area contributed by atoms with Gasteiger partial charge in [0.05, 0.1) is 17.9 Å². The van der Waals surface area contributed by atoms with Crippen LogP contribution < -0.4 is 5.32 Å². The molecule has 0 aliphatic heterocycles. The van der Waals surface area contributed by atoms with Gasteiger partial charge in [0, 0.05) is 30.5 Å². The van der Waals surface area contributed by atoms with Crippen molar-refractivity contribution in [1.29, 1.82) is 0 Å². The molecule has 2 heterocycles. The Labute approximate surface area is 167 Å². The normalized spacial score (nSPS) is 11.6. The van der Waals surface area contributed by atoms with Crippen LogP contribution in [0.4, 0.5) is 5.82 Å². The lowest BCUT2D eigenvalue weighted by atomic mass is 10.3. The van der Waals surface area contributed by atoms with Crippen LogP contribution in [0.5, 0.6) is 0 Å². The molecule has 3 rings (SSSR count). The van der Waals surface area contributed by atoms with Gasteiger partial charge >= 0.3 is 0 Å². The Balaban J connectivity index is 1.77. The van der Waals surface area contributed by atoms with Crippen LogP contribution in [0.2, 0.25) is 5.02 Å². The maximum atomic E-state index is 12.5. The highest BCUT2D eigenvalue weighted by Gasteiger charge is 2.23. The SMILES string of the molecule is Cc1cc(NC(=O)CN(C)S(=O)(=O)c2cccnc2)n(-c2cccc(Cl)c2)n1. The molecule has 0 unspecified atom stereocenters. The maximum Gasteiger partial charge on any atom is 0.244 e. The van der Waals surface area contributed by atoms with Gasteiger partial charge in [-0.1, -0.05) is 17.7 Å². The van der Waals surface area contributed by atoms with Gasteiger partial charge in [-0.05, 0) is 37.3 Å². The molecule has 0 saturated heterocycles. The number of sulfonamides is 1. The average Bonchev–Trinajstić information content (AvgIpc) is 3.02. The van der Waals surface area contributed by atoms with Crippen molar-refractivity contribution in [3.05, 3.63) is 65.6 Å². The molecule has 10 heteroatoms. The fourth-order valence-electron chi connectivity index (χ4n) is 2.54. The molecular weight excluding hydrogens is 402 g/mol. The van der Waals surface area contributed by atoms with E-state index in [0.717, 1.165) is 4.31 Å². The van der Waals surface area contributed by atoms with Crippen LogP contribution in [0.1, 0.15) is 5.69 Å². The molecule has 8 nitrogen and oxygen atoms in total. The number of amides is 1. The number of carbonyl (C=O) groups is 1. The predicted molar refractivity (Wildman–Crippen MR) is 106 cm³/mol. The van der Waals surface area contributed by atoms with Crippen LogP contribution in [-0.2, 0) is 14.8 Å². The van der Waals surface area contributed by atoms with Crippen LogP contribution in [-0.4, -0.2) is 47.0 Å². The molecule has 0 aliphatic carbocycles. The van der Waals surface area contributed by atoms with Gasteiger partial charge in [-0.3, -0.25) is 9.78 Å². The number of aryl methyl sites for hydroxylation is 1. The van der Waals surface area contributed by atoms with Crippen molar-refractivity contribution in [3.63, 3.8) is 0 Å². The second-order valence-electron chi connectivity index (χ2n) is 6.06. The third kappa shape index (κ3) is 4.38. The van der Waals surface area contributed by atoms with E-state index in [0.29, 0.717) is 22.2 Å². The number of nitrogens with one attached hydrogen (secondary N) is 1. The topological polar surface area (TPSA) is 97.2 Å². The molecule has 0 saturated carbocycles. The van der Waals surface area contributed by atoms with E-state index in [1.807, 2.05) is 0 Å². The van der Waals surface area contributed by atoms with E-state index in [1.165, 1.54) is 36.3 Å². The van der Waals surface area contributed by atoms with Crippen molar-refractivity contribution < 1.29 is 13.2 Å². The number of aromatic nitrogens is 3. The van der Waals surface area contributed by atoms with E-state index in [1.54, 1.807) is 37.3 Å². The zero-order valence-electron chi connectivity index (χ0n) is 15.2. The lowest BCUT2D eigenvalue weighted by Crippen LogP contribution is -2.35. The van der Waals surface area contributed by atoms with Crippen molar-refractivity contribution in [2.24, 2.45) is 0 Å². The summed E-state index contributed by atoms with van der Waals surface area (Å²) in [6.07, 6.45) is 2.71. The Morgan fingerprint density at radius 3 is 2.71 bits per heavy atom. The van der Waals surface area contributed by atoms with Crippen molar-refractivity contribution in [2.45, 2.75) is 11.8 Å². The Morgan fingerprint density at radius 1 is 1.25 bits per heavy atom. The minimum atomic E-state index is -3.82. The quantitative estimate of drug-likeness (QED) is 0.662. The summed E-state index contributed by atoms with van der Waals surface area (Å²) < 4.78 is 27.5. The van der Waals surface area contributed by atoms with Crippen LogP contribution in [0.15, 0.2) is 59.8 Å². The Hall–Kier alpha value is -2.75. The van der Waals surface area contributed by atoms with Gasteiger partial charge in [-0.2, -0.15) is 9.40 Å². The van der Waals surface area contributed by atoms with E-state index in [9.17, 15) is 13.2 Å². The molecule has 0 aliphatic rings. The first-order valence-corrected chi connectivity index (χ1v) is 10.1. The van der Waals surface area contributed by atoms with E-state index < -0.39 is 15.9 Å². The minimum Gasteiger partial charge on any atom is -0.309 e. The molecular formula is C18H18ClN5O3S. The molecule has 0 atom stereocenters. The molecule has 0 fully saturated rings. The molecule has 146 valence electrons. The lowest BCUT2D eigenvalue weighted by Gasteiger charge is -2.17. The Bertz CT molecular complexity index is 1100. The molecule has 1 aromatic carbocycles. The van der Waals surface area contributed by atoms with Gasteiger partial charge in [-0.15, -0.1) is 0 Å². The standard InChI is InChI=1S/C18H18ClN5O3S/c1-13-9-17(24(22-13)15-6-3-5-14(19)10-15)21-18(25)12-23(2)28(26,27)16-7-4-8-20-11-16/h3-11H,12H2,1-2H3,(H,21,25). The molecule has 3 aromatic rings. The Kier molecular flexibility index (Phi) is 5.78. The lowest BCUT2D eigenvalue weighted by molar-refractivity contribution is -0.116. The van der Waals surface area contributed by atoms with Gasteiger partial charge in [0.2, 0.25) is 15.9 Å². The van der Waals surface area contributed by atoms with E-state index in [2.05, 4.69) is 15.4 Å². The maximum absolute atomic E-state index is 12.5. The summed E-state index contributed by atoms with van der Waals surface area (Å²) in [6.45, 7) is 1.42. The zero-order valence-corrected chi connectivity index (χ0v) is 16.8. The second-order valence-corrected chi connectivity index (χ2v) is 8.54. The van der Waals surface area contributed by atoms with E-state index in [4.69, 9.17) is 11.6 Å². The number of rotatable bonds is 6. The number of hydrogen-bond acceptors (Lipinski definition) is 5. The molecule has 0 spiro atoms. The third-order valence-electron chi connectivity index (χ3n) is 3.86. The summed E-state index contributed by atoms with van der Waals surface area (Å²) >= 11 is 6.03. The van der Waals surface area contributed by atoms with E-state index >= 15 is 0 Å². The van der Waals surface area contributed by atoms with Gasteiger partial charge < -0.3 is 5.32 Å². The molecule has 28 heavy (non-hydrogen) atoms. The number of nitrogens with zero attached hydrogens (tertiary/aromatic N) is 4. The number of benzene rings is 1. The number of anilines is 1. The Morgan fingerprint density at radius 2 is 2.04 bits per heavy atom. The molecule has 0 bridgehead atoms. The highest BCUT2D eigenvalue weighted by Crippen LogP contribution is 2.20. The first-order valence-electron chi connectivity index (χ1n) is 8.26. The van der Waals surface area contributed by atoms with Crippen molar-refractivity contribution in [2.75, 3.05) is 18.9 Å². The summed E-state index contributed by atoms with van der Waals surface area (Å²) in [5, 5.41) is 7.59. The number of pyridine rings is 1.